The van der Waals surface area contributed by atoms with Crippen LogP contribution in [0.3, 0.4) is 0 Å². The van der Waals surface area contributed by atoms with Crippen LogP contribution >= 0.6 is 23.5 Å². The molecule has 19 heteroatoms. The number of nitrogen functional groups attached to an aromatic ring is 1. The molecule has 1 aliphatic heterocycles. The molecule has 1 aromatic heterocycles. The molecule has 1 aromatic rings. The van der Waals surface area contributed by atoms with Gasteiger partial charge in [-0.2, -0.15) is 13.6 Å². The molecule has 0 bridgehead atoms. The number of aliphatic hydroxyl groups excluding tert-OH is 1. The number of nitrogens with two attached hydrogens (primary N) is 1. The van der Waals surface area contributed by atoms with E-state index in [0.717, 1.165) is 4.57 Å². The van der Waals surface area contributed by atoms with Crippen LogP contribution in [0, 0.1) is 11.8 Å². The molecule has 0 aliphatic carbocycles. The molecule has 0 spiro atoms. The summed E-state index contributed by atoms with van der Waals surface area (Å²) in [5.74, 6) is 4.55. The van der Waals surface area contributed by atoms with E-state index >= 15 is 0 Å². The van der Waals surface area contributed by atoms with E-state index in [1.807, 2.05) is 0 Å². The van der Waals surface area contributed by atoms with Gasteiger partial charge in [0.15, 0.2) is 6.10 Å². The lowest BCUT2D eigenvalue weighted by Crippen LogP contribution is -2.35. The van der Waals surface area contributed by atoms with Crippen LogP contribution in [0.25, 0.3) is 0 Å². The van der Waals surface area contributed by atoms with Crippen molar-refractivity contribution in [1.29, 1.82) is 0 Å². The van der Waals surface area contributed by atoms with E-state index in [0.29, 0.717) is 0 Å². The number of rotatable bonds is 8. The number of hydrogen-bond acceptors (Lipinski definition) is 11. The van der Waals surface area contributed by atoms with E-state index in [9.17, 15) is 33.4 Å². The molecule has 0 radical (unpaired) electrons. The van der Waals surface area contributed by atoms with Gasteiger partial charge < -0.3 is 35.2 Å². The molecule has 174 valence electrons. The summed E-state index contributed by atoms with van der Waals surface area (Å²) in [7, 11) is -16.9. The molecule has 16 nitrogen and oxygen atoms in total. The van der Waals surface area contributed by atoms with Crippen LogP contribution in [0.5, 0.6) is 0 Å². The summed E-state index contributed by atoms with van der Waals surface area (Å²) in [6.45, 7) is 1.29. The number of hydrogen-bond donors (Lipinski definition) is 6. The molecule has 3 unspecified atom stereocenters. The van der Waals surface area contributed by atoms with Crippen LogP contribution in [-0.4, -0.2) is 52.5 Å². The first kappa shape index (κ1) is 25.8. The predicted octanol–water partition coefficient (Wildman–Crippen LogP) is -0.791. The molecule has 0 amide bonds. The Morgan fingerprint density at radius 3 is 2.45 bits per heavy atom. The number of phosphoric acid groups is 3. The Balaban J connectivity index is 2.20. The van der Waals surface area contributed by atoms with Crippen LogP contribution in [0.2, 0.25) is 0 Å². The summed E-state index contributed by atoms with van der Waals surface area (Å²) >= 11 is 0. The fraction of sp³-hybridized carbons (Fsp3) is 0.500. The summed E-state index contributed by atoms with van der Waals surface area (Å²) < 4.78 is 52.6. The highest BCUT2D eigenvalue weighted by molar-refractivity contribution is 7.66. The minimum Gasteiger partial charge on any atom is -0.390 e. The average molecular weight is 505 g/mol. The minimum atomic E-state index is -5.75. The second-order valence-electron chi connectivity index (χ2n) is 5.91. The Kier molecular flexibility index (Phi) is 8.00. The van der Waals surface area contributed by atoms with E-state index < -0.39 is 53.7 Å². The minimum absolute atomic E-state index is 0.0567. The van der Waals surface area contributed by atoms with Gasteiger partial charge in [0.1, 0.15) is 18.1 Å². The number of ether oxygens (including phenoxy) is 1. The molecular weight excluding hydrogens is 487 g/mol. The van der Waals surface area contributed by atoms with Gasteiger partial charge in [-0.25, -0.2) is 18.5 Å². The zero-order valence-corrected chi connectivity index (χ0v) is 18.2. The van der Waals surface area contributed by atoms with Crippen LogP contribution in [-0.2, 0) is 31.6 Å². The topological polar surface area (TPSA) is 250 Å². The molecule has 7 N–H and O–H groups in total. The normalized spacial score (nSPS) is 26.3. The van der Waals surface area contributed by atoms with E-state index in [1.54, 1.807) is 0 Å². The first-order chi connectivity index (χ1) is 14.1. The first-order valence-electron chi connectivity index (χ1n) is 8.05. The Morgan fingerprint density at radius 2 is 1.90 bits per heavy atom. The summed E-state index contributed by atoms with van der Waals surface area (Å²) in [6.07, 6.45) is -4.63. The van der Waals surface area contributed by atoms with Gasteiger partial charge in [0.2, 0.25) is 0 Å². The standard InChI is InChI=1S/C12H18N3O13P3/c1-2-3-8(26-30(21,22)28-31(23,24)27-29(18,19)20)11-7(16)6-10(25-11)15-5-4-9(13)14-12(15)17/h4-5,7-8,10-11,16H,6H2,1H3,(H,21,22)(H,23,24)(H2,13,14,17)(H2,18,19,20)/t7-,8?,10+,11-/m0/s1. The fourth-order valence-electron chi connectivity index (χ4n) is 2.52. The third kappa shape index (κ3) is 7.58. The van der Waals surface area contributed by atoms with Crippen molar-refractivity contribution in [2.45, 2.75) is 37.9 Å². The van der Waals surface area contributed by atoms with Gasteiger partial charge in [-0.15, -0.1) is 5.92 Å². The molecule has 0 aromatic carbocycles. The van der Waals surface area contributed by atoms with Gasteiger partial charge in [0.25, 0.3) is 0 Å². The molecule has 31 heavy (non-hydrogen) atoms. The zero-order chi connectivity index (χ0) is 23.6. The SMILES string of the molecule is CC#CC(OP(=O)(O)OP(=O)(O)OP(=O)(O)O)[C@H]1O[C@@H](n2ccc(N)nc2=O)C[C@@H]1O. The van der Waals surface area contributed by atoms with Gasteiger partial charge in [0.05, 0.1) is 6.10 Å². The number of phosphoric ester groups is 1. The maximum Gasteiger partial charge on any atom is 0.490 e. The third-order valence-electron chi connectivity index (χ3n) is 3.55. The third-order valence-corrected chi connectivity index (χ3v) is 7.37. The lowest BCUT2D eigenvalue weighted by molar-refractivity contribution is -0.0637. The summed E-state index contributed by atoms with van der Waals surface area (Å²) in [6, 6.07) is 1.29. The molecule has 0 saturated carbocycles. The highest BCUT2D eigenvalue weighted by atomic mass is 31.3. The summed E-state index contributed by atoms with van der Waals surface area (Å²) in [4.78, 5) is 51.5. The molecule has 2 rings (SSSR count). The number of nitrogens with zero attached hydrogens (tertiary/aromatic N) is 2. The smallest absolute Gasteiger partial charge is 0.390 e. The molecule has 1 saturated heterocycles. The first-order valence-corrected chi connectivity index (χ1v) is 12.6. The maximum atomic E-state index is 12.1. The second-order valence-corrected chi connectivity index (χ2v) is 10.3. The van der Waals surface area contributed by atoms with E-state index in [1.165, 1.54) is 19.2 Å². The molecule has 2 heterocycles. The Hall–Kier alpha value is -1.43. The number of aromatic nitrogens is 2. The van der Waals surface area contributed by atoms with Crippen LogP contribution in [0.1, 0.15) is 19.6 Å². The van der Waals surface area contributed by atoms with Crippen molar-refractivity contribution >= 4 is 29.3 Å². The molecular formula is C12H18N3O13P3. The van der Waals surface area contributed by atoms with E-state index in [2.05, 4.69) is 30.0 Å². The Labute approximate surface area is 174 Å². The van der Waals surface area contributed by atoms with E-state index in [4.69, 9.17) is 20.3 Å². The highest BCUT2D eigenvalue weighted by Crippen LogP contribution is 2.66. The van der Waals surface area contributed by atoms with Crippen LogP contribution in [0.4, 0.5) is 5.82 Å². The molecule has 6 atom stereocenters. The lowest BCUT2D eigenvalue weighted by atomic mass is 10.1. The van der Waals surface area contributed by atoms with Crippen molar-refractivity contribution in [2.75, 3.05) is 5.73 Å². The van der Waals surface area contributed by atoms with Gasteiger partial charge in [-0.05, 0) is 13.0 Å². The van der Waals surface area contributed by atoms with Gasteiger partial charge in [0, 0.05) is 12.6 Å². The van der Waals surface area contributed by atoms with Gasteiger partial charge in [-0.1, -0.05) is 5.92 Å². The zero-order valence-electron chi connectivity index (χ0n) is 15.5. The van der Waals surface area contributed by atoms with Crippen molar-refractivity contribution in [1.82, 2.24) is 9.55 Å². The van der Waals surface area contributed by atoms with Crippen LogP contribution < -0.4 is 11.4 Å². The summed E-state index contributed by atoms with van der Waals surface area (Å²) in [5, 5.41) is 10.3. The highest BCUT2D eigenvalue weighted by Gasteiger charge is 2.46. The van der Waals surface area contributed by atoms with Crippen molar-refractivity contribution in [3.05, 3.63) is 22.7 Å². The molecule has 1 aliphatic rings. The molecule has 1 fully saturated rings. The Morgan fingerprint density at radius 1 is 1.26 bits per heavy atom. The summed E-state index contributed by atoms with van der Waals surface area (Å²) in [5.41, 5.74) is 4.60. The van der Waals surface area contributed by atoms with Crippen molar-refractivity contribution in [3.63, 3.8) is 0 Å². The van der Waals surface area contributed by atoms with Crippen LogP contribution in [0.15, 0.2) is 17.1 Å². The average Bonchev–Trinajstić information content (AvgIpc) is 2.92. The fourth-order valence-corrected chi connectivity index (χ4v) is 5.64. The predicted molar refractivity (Wildman–Crippen MR) is 99.6 cm³/mol. The second kappa shape index (κ2) is 9.60. The quantitative estimate of drug-likeness (QED) is 0.187. The maximum absolute atomic E-state index is 12.1. The Bertz CT molecular complexity index is 1070. The van der Waals surface area contributed by atoms with Gasteiger partial charge in [-0.3, -0.25) is 9.09 Å². The van der Waals surface area contributed by atoms with Gasteiger partial charge >= 0.3 is 29.2 Å². The van der Waals surface area contributed by atoms with Crippen molar-refractivity contribution < 1.29 is 56.3 Å². The van der Waals surface area contributed by atoms with Crippen molar-refractivity contribution in [3.8, 4) is 11.8 Å². The monoisotopic (exact) mass is 505 g/mol. The van der Waals surface area contributed by atoms with Crippen molar-refractivity contribution in [2.24, 2.45) is 0 Å². The van der Waals surface area contributed by atoms with E-state index in [-0.39, 0.29) is 12.2 Å². The largest absolute Gasteiger partial charge is 0.490 e. The number of anilines is 1. The number of aliphatic hydroxyl groups is 1. The lowest BCUT2D eigenvalue weighted by Gasteiger charge is -2.24.